The maximum Gasteiger partial charge on any atom is 0.257 e. The van der Waals surface area contributed by atoms with Crippen molar-refractivity contribution in [2.45, 2.75) is 31.5 Å². The topological polar surface area (TPSA) is 52.0 Å². The highest BCUT2D eigenvalue weighted by Crippen LogP contribution is 2.09. The molecule has 0 aliphatic rings. The smallest absolute Gasteiger partial charge is 0.257 e. The summed E-state index contributed by atoms with van der Waals surface area (Å²) in [6.45, 7) is 2.30. The van der Waals surface area contributed by atoms with Crippen LogP contribution in [0.25, 0.3) is 0 Å². The molecule has 0 aromatic carbocycles. The van der Waals surface area contributed by atoms with E-state index in [1.54, 1.807) is 17.7 Å². The van der Waals surface area contributed by atoms with Gasteiger partial charge in [0.1, 0.15) is 6.29 Å². The van der Waals surface area contributed by atoms with Crippen molar-refractivity contribution in [3.63, 3.8) is 0 Å². The second kappa shape index (κ2) is 5.70. The van der Waals surface area contributed by atoms with E-state index in [0.29, 0.717) is 30.1 Å². The summed E-state index contributed by atoms with van der Waals surface area (Å²) in [7, 11) is 0. The van der Waals surface area contributed by atoms with Gasteiger partial charge in [-0.25, -0.2) is 4.98 Å². The summed E-state index contributed by atoms with van der Waals surface area (Å²) in [5, 5.41) is 0.705. The standard InChI is InChI=1S/C10H14N2O2S/c1-8-7-11-10(15-2)12(9(8)14)5-3-4-6-13/h6-7H,3-5H2,1-2H3. The molecular weight excluding hydrogens is 212 g/mol. The molecule has 0 fully saturated rings. The zero-order chi connectivity index (χ0) is 11.3. The number of hydrogen-bond donors (Lipinski definition) is 0. The van der Waals surface area contributed by atoms with Crippen LogP contribution in [0.5, 0.6) is 0 Å². The van der Waals surface area contributed by atoms with Crippen molar-refractivity contribution in [3.05, 3.63) is 22.1 Å². The maximum absolute atomic E-state index is 11.8. The fourth-order valence-electron chi connectivity index (χ4n) is 1.27. The first-order chi connectivity index (χ1) is 7.20. The van der Waals surface area contributed by atoms with Crippen molar-refractivity contribution in [2.75, 3.05) is 6.26 Å². The lowest BCUT2D eigenvalue weighted by atomic mass is 10.3. The number of hydrogen-bond acceptors (Lipinski definition) is 4. The van der Waals surface area contributed by atoms with Crippen LogP contribution >= 0.6 is 11.8 Å². The minimum atomic E-state index is -0.0137. The summed E-state index contributed by atoms with van der Waals surface area (Å²) in [6.07, 6.45) is 5.50. The SMILES string of the molecule is CSc1ncc(C)c(=O)n1CCCC=O. The Bertz CT molecular complexity index is 401. The quantitative estimate of drug-likeness (QED) is 0.328. The van der Waals surface area contributed by atoms with Crippen LogP contribution in [0.4, 0.5) is 0 Å². The number of aromatic nitrogens is 2. The van der Waals surface area contributed by atoms with E-state index in [4.69, 9.17) is 0 Å². The van der Waals surface area contributed by atoms with Gasteiger partial charge in [0.05, 0.1) is 0 Å². The molecule has 0 unspecified atom stereocenters. The summed E-state index contributed by atoms with van der Waals surface area (Å²) in [6, 6.07) is 0. The summed E-state index contributed by atoms with van der Waals surface area (Å²) in [4.78, 5) is 26.1. The van der Waals surface area contributed by atoms with Gasteiger partial charge in [0.25, 0.3) is 5.56 Å². The number of unbranched alkanes of at least 4 members (excludes halogenated alkanes) is 1. The maximum atomic E-state index is 11.8. The lowest BCUT2D eigenvalue weighted by Gasteiger charge is -2.09. The Morgan fingerprint density at radius 1 is 1.60 bits per heavy atom. The molecule has 1 aromatic rings. The molecule has 4 nitrogen and oxygen atoms in total. The van der Waals surface area contributed by atoms with Crippen LogP contribution in [-0.2, 0) is 11.3 Å². The Balaban J connectivity index is 2.96. The lowest BCUT2D eigenvalue weighted by molar-refractivity contribution is -0.107. The molecule has 0 radical (unpaired) electrons. The van der Waals surface area contributed by atoms with Crippen molar-refractivity contribution in [1.29, 1.82) is 0 Å². The van der Waals surface area contributed by atoms with E-state index in [1.165, 1.54) is 11.8 Å². The fraction of sp³-hybridized carbons (Fsp3) is 0.500. The highest BCUT2D eigenvalue weighted by molar-refractivity contribution is 7.98. The van der Waals surface area contributed by atoms with E-state index in [0.717, 1.165) is 6.29 Å². The van der Waals surface area contributed by atoms with Crippen LogP contribution in [0.2, 0.25) is 0 Å². The van der Waals surface area contributed by atoms with Crippen molar-refractivity contribution in [2.24, 2.45) is 0 Å². The molecule has 0 saturated carbocycles. The van der Waals surface area contributed by atoms with E-state index >= 15 is 0 Å². The minimum absolute atomic E-state index is 0.0137. The first-order valence-corrected chi connectivity index (χ1v) is 5.97. The number of thioether (sulfide) groups is 1. The molecule has 1 heterocycles. The molecule has 5 heteroatoms. The normalized spacial score (nSPS) is 10.3. The molecule has 0 amide bonds. The third-order valence-electron chi connectivity index (χ3n) is 2.07. The Kier molecular flexibility index (Phi) is 4.55. The first kappa shape index (κ1) is 12.0. The Labute approximate surface area is 92.7 Å². The zero-order valence-corrected chi connectivity index (χ0v) is 9.71. The number of aryl methyl sites for hydroxylation is 1. The average Bonchev–Trinajstić information content (AvgIpc) is 2.25. The third-order valence-corrected chi connectivity index (χ3v) is 2.76. The summed E-state index contributed by atoms with van der Waals surface area (Å²) in [5.41, 5.74) is 0.624. The molecule has 0 bridgehead atoms. The van der Waals surface area contributed by atoms with Crippen LogP contribution in [0.1, 0.15) is 18.4 Å². The number of carbonyl (C=O) groups is 1. The first-order valence-electron chi connectivity index (χ1n) is 4.74. The largest absolute Gasteiger partial charge is 0.303 e. The van der Waals surface area contributed by atoms with Gasteiger partial charge in [0.2, 0.25) is 0 Å². The highest BCUT2D eigenvalue weighted by Gasteiger charge is 2.06. The van der Waals surface area contributed by atoms with Gasteiger partial charge in [-0.15, -0.1) is 0 Å². The lowest BCUT2D eigenvalue weighted by Crippen LogP contribution is -2.24. The molecule has 1 rings (SSSR count). The molecule has 0 spiro atoms. The fourth-order valence-corrected chi connectivity index (χ4v) is 1.82. The molecule has 15 heavy (non-hydrogen) atoms. The van der Waals surface area contributed by atoms with Gasteiger partial charge >= 0.3 is 0 Å². The number of nitrogens with zero attached hydrogens (tertiary/aromatic N) is 2. The van der Waals surface area contributed by atoms with Gasteiger partial charge in [0.15, 0.2) is 5.16 Å². The molecule has 82 valence electrons. The van der Waals surface area contributed by atoms with E-state index in [1.807, 2.05) is 6.26 Å². The second-order valence-corrected chi connectivity index (χ2v) is 3.97. The Morgan fingerprint density at radius 3 is 2.93 bits per heavy atom. The molecule has 0 aliphatic heterocycles. The van der Waals surface area contributed by atoms with E-state index in [-0.39, 0.29) is 5.56 Å². The number of rotatable bonds is 5. The van der Waals surface area contributed by atoms with Gasteiger partial charge in [-0.2, -0.15) is 0 Å². The van der Waals surface area contributed by atoms with Crippen LogP contribution in [-0.4, -0.2) is 22.1 Å². The van der Waals surface area contributed by atoms with Gasteiger partial charge in [-0.05, 0) is 19.6 Å². The predicted octanol–water partition coefficient (Wildman–Crippen LogP) is 1.25. The van der Waals surface area contributed by atoms with E-state index in [2.05, 4.69) is 4.98 Å². The van der Waals surface area contributed by atoms with Crippen molar-refractivity contribution in [1.82, 2.24) is 9.55 Å². The second-order valence-electron chi connectivity index (χ2n) is 3.19. The Morgan fingerprint density at radius 2 is 2.33 bits per heavy atom. The Hall–Kier alpha value is -1.10. The highest BCUT2D eigenvalue weighted by atomic mass is 32.2. The van der Waals surface area contributed by atoms with Crippen LogP contribution in [0.3, 0.4) is 0 Å². The van der Waals surface area contributed by atoms with Gasteiger partial charge in [-0.1, -0.05) is 11.8 Å². The number of carbonyl (C=O) groups excluding carboxylic acids is 1. The van der Waals surface area contributed by atoms with Crippen LogP contribution in [0, 0.1) is 6.92 Å². The monoisotopic (exact) mass is 226 g/mol. The summed E-state index contributed by atoms with van der Waals surface area (Å²) < 4.78 is 1.63. The van der Waals surface area contributed by atoms with Gasteiger partial charge < -0.3 is 4.79 Å². The molecule has 0 saturated heterocycles. The van der Waals surface area contributed by atoms with E-state index < -0.39 is 0 Å². The van der Waals surface area contributed by atoms with Crippen LogP contribution in [0.15, 0.2) is 16.1 Å². The number of aldehydes is 1. The molecule has 0 atom stereocenters. The van der Waals surface area contributed by atoms with E-state index in [9.17, 15) is 9.59 Å². The molecule has 0 N–H and O–H groups in total. The molecule has 1 aromatic heterocycles. The van der Waals surface area contributed by atoms with Gasteiger partial charge in [0, 0.05) is 24.7 Å². The molecular formula is C10H14N2O2S. The van der Waals surface area contributed by atoms with Crippen LogP contribution < -0.4 is 5.56 Å². The third kappa shape index (κ3) is 2.92. The minimum Gasteiger partial charge on any atom is -0.303 e. The van der Waals surface area contributed by atoms with Gasteiger partial charge in [-0.3, -0.25) is 9.36 Å². The van der Waals surface area contributed by atoms with Crippen molar-refractivity contribution >= 4 is 18.0 Å². The van der Waals surface area contributed by atoms with Crippen molar-refractivity contribution in [3.8, 4) is 0 Å². The average molecular weight is 226 g/mol. The summed E-state index contributed by atoms with van der Waals surface area (Å²) in [5.74, 6) is 0. The van der Waals surface area contributed by atoms with Crippen molar-refractivity contribution < 1.29 is 4.79 Å². The summed E-state index contributed by atoms with van der Waals surface area (Å²) >= 11 is 1.44. The predicted molar refractivity (Wildman–Crippen MR) is 60.3 cm³/mol. The zero-order valence-electron chi connectivity index (χ0n) is 8.90. The molecule has 0 aliphatic carbocycles.